The van der Waals surface area contributed by atoms with Gasteiger partial charge in [0.1, 0.15) is 23.5 Å². The molecule has 1 aliphatic heterocycles. The van der Waals surface area contributed by atoms with Crippen LogP contribution in [0.1, 0.15) is 16.7 Å². The average molecular weight is 486 g/mol. The molecule has 0 unspecified atom stereocenters. The fourth-order valence-corrected chi connectivity index (χ4v) is 3.42. The Labute approximate surface area is 199 Å². The highest BCUT2D eigenvalue weighted by Crippen LogP contribution is 2.25. The van der Waals surface area contributed by atoms with Crippen molar-refractivity contribution in [1.29, 1.82) is 0 Å². The van der Waals surface area contributed by atoms with Crippen molar-refractivity contribution >= 4 is 17.2 Å². The van der Waals surface area contributed by atoms with Crippen molar-refractivity contribution in [3.8, 4) is 11.5 Å². The smallest absolute Gasteiger partial charge is 0.179 e. The molecule has 0 bridgehead atoms. The maximum absolute atomic E-state index is 8.49. The Morgan fingerprint density at radius 3 is 2.06 bits per heavy atom. The molecule has 0 aliphatic carbocycles. The third-order valence-electron chi connectivity index (χ3n) is 4.89. The number of benzene rings is 3. The van der Waals surface area contributed by atoms with Crippen molar-refractivity contribution in [2.75, 3.05) is 14.2 Å². The first-order valence-corrected chi connectivity index (χ1v) is 11.4. The van der Waals surface area contributed by atoms with E-state index in [0.717, 1.165) is 45.4 Å². The summed E-state index contributed by atoms with van der Waals surface area (Å²) in [5.74, 6) is 2.57. The van der Waals surface area contributed by atoms with E-state index in [1.54, 1.807) is 14.2 Å². The normalized spacial score (nSPS) is 14.8. The zero-order valence-electron chi connectivity index (χ0n) is 18.6. The number of nitrogens with zero attached hydrogens (tertiary/aromatic N) is 1. The summed E-state index contributed by atoms with van der Waals surface area (Å²) in [6.07, 6.45) is 2.07. The van der Waals surface area contributed by atoms with Crippen molar-refractivity contribution < 1.29 is 43.7 Å². The lowest BCUT2D eigenvalue weighted by Gasteiger charge is -2.17. The number of methoxy groups -OCH3 is 2. The van der Waals surface area contributed by atoms with Crippen molar-refractivity contribution in [2.24, 2.45) is 4.99 Å². The molecule has 1 heterocycles. The van der Waals surface area contributed by atoms with E-state index < -0.39 is 10.2 Å². The Hall–Kier alpha value is -3.44. The summed E-state index contributed by atoms with van der Waals surface area (Å²) in [7, 11) is -1.57. The van der Waals surface area contributed by atoms with E-state index in [4.69, 9.17) is 33.1 Å². The molecule has 0 fully saturated rings. The van der Waals surface area contributed by atoms with Crippen molar-refractivity contribution in [2.45, 2.75) is 6.54 Å². The third-order valence-corrected chi connectivity index (χ3v) is 4.89. The second-order valence-electron chi connectivity index (χ2n) is 7.01. The lowest BCUT2D eigenvalue weighted by atomic mass is 10.1. The molecule has 3 aromatic rings. The maximum atomic E-state index is 8.49. The average Bonchev–Trinajstić information content (AvgIpc) is 3.18. The van der Waals surface area contributed by atoms with Crippen LogP contribution in [0.5, 0.6) is 11.5 Å². The number of hydrogen-bond donors (Lipinski definition) is 2. The molecular weight excluding hydrogens is 462 g/mol. The largest absolute Gasteiger partial charge is 0.496 e. The Balaban J connectivity index is 0.000000588. The number of hydrogen-bond acceptors (Lipinski definition) is 7. The number of fused-ring (bicyclic) bond motifs is 1. The highest BCUT2D eigenvalue weighted by atomic mass is 35.7. The number of para-hydroxylation sites is 3. The summed E-state index contributed by atoms with van der Waals surface area (Å²) >= 11 is 0. The van der Waals surface area contributed by atoms with E-state index in [1.165, 1.54) is 0 Å². The Morgan fingerprint density at radius 2 is 1.38 bits per heavy atom. The number of rotatable bonds is 6. The van der Waals surface area contributed by atoms with Crippen LogP contribution in [0.4, 0.5) is 5.69 Å². The van der Waals surface area contributed by atoms with Gasteiger partial charge in [-0.2, -0.15) is 0 Å². The summed E-state index contributed by atoms with van der Waals surface area (Å²) in [6.45, 7) is 0.546. The van der Waals surface area contributed by atoms with E-state index in [2.05, 4.69) is 29.0 Å². The van der Waals surface area contributed by atoms with Crippen LogP contribution >= 0.6 is 0 Å². The first-order chi connectivity index (χ1) is 16.3. The first-order valence-electron chi connectivity index (χ1n) is 10.1. The summed E-state index contributed by atoms with van der Waals surface area (Å²) in [4.78, 5) is 4.83. The van der Waals surface area contributed by atoms with Crippen LogP contribution in [0, 0.1) is 10.2 Å². The first kappa shape index (κ1) is 25.2. The van der Waals surface area contributed by atoms with Gasteiger partial charge in [0.2, 0.25) is 0 Å². The van der Waals surface area contributed by atoms with Gasteiger partial charge < -0.3 is 14.8 Å². The predicted molar refractivity (Wildman–Crippen MR) is 115 cm³/mol. The molecule has 0 amide bonds. The minimum absolute atomic E-state index is 0.546. The standard InChI is InChI=1S/C24H23N3O2.ClHO4/c1-28-22-13-7-3-9-17(22)15-26-24-19-11-5-4-10-18(19)21(27-24)16-25-20-12-6-8-14-23(20)29-2;2-1(3,4)5/h3-14,16,25H,15H2,1-2H3,(H,26,27);(H,2,3,4,5). The van der Waals surface area contributed by atoms with Gasteiger partial charge in [-0.1, -0.05) is 54.6 Å². The second-order valence-corrected chi connectivity index (χ2v) is 7.77. The molecule has 1 aliphatic rings. The number of quaternary nitrogens is 1. The fourth-order valence-electron chi connectivity index (χ4n) is 3.42. The van der Waals surface area contributed by atoms with Gasteiger partial charge in [-0.05, 0) is 12.1 Å². The number of aliphatic imine (C=N–C) groups is 1. The molecule has 0 radical (unpaired) electrons. The van der Waals surface area contributed by atoms with Gasteiger partial charge in [-0.25, -0.2) is 18.6 Å². The minimum Gasteiger partial charge on any atom is -0.496 e. The molecule has 178 valence electrons. The Morgan fingerprint density at radius 1 is 0.824 bits per heavy atom. The summed E-state index contributed by atoms with van der Waals surface area (Å²) in [6, 6.07) is 24.2. The van der Waals surface area contributed by atoms with Gasteiger partial charge in [-0.15, -0.1) is 10.2 Å². The number of ether oxygens (including phenoxy) is 2. The molecule has 0 spiro atoms. The predicted octanol–water partition coefficient (Wildman–Crippen LogP) is -1.31. The fraction of sp³-hybridized carbons (Fsp3) is 0.125. The van der Waals surface area contributed by atoms with E-state index in [1.807, 2.05) is 60.7 Å². The van der Waals surface area contributed by atoms with Gasteiger partial charge in [0.15, 0.2) is 11.4 Å². The second kappa shape index (κ2) is 11.6. The quantitative estimate of drug-likeness (QED) is 0.411. The van der Waals surface area contributed by atoms with Gasteiger partial charge in [0.25, 0.3) is 0 Å². The molecule has 0 atom stereocenters. The van der Waals surface area contributed by atoms with Crippen molar-refractivity contribution in [1.82, 2.24) is 5.32 Å². The van der Waals surface area contributed by atoms with Crippen LogP contribution in [0.3, 0.4) is 0 Å². The summed E-state index contributed by atoms with van der Waals surface area (Å²) in [5, 5.41) is 5.53. The van der Waals surface area contributed by atoms with E-state index >= 15 is 0 Å². The lowest BCUT2D eigenvalue weighted by Crippen LogP contribution is -2.71. The number of nitrogens with one attached hydrogen (secondary N) is 1. The third kappa shape index (κ3) is 7.03. The van der Waals surface area contributed by atoms with E-state index in [9.17, 15) is 0 Å². The van der Waals surface area contributed by atoms with Crippen LogP contribution in [-0.2, 0) is 6.54 Å². The van der Waals surface area contributed by atoms with E-state index in [-0.39, 0.29) is 0 Å². The van der Waals surface area contributed by atoms with Crippen LogP contribution in [0.15, 0.2) is 84.0 Å². The molecule has 0 saturated heterocycles. The molecule has 0 saturated carbocycles. The SMILES string of the molecule is COc1ccccc1CN=C1NC(=C[NH2+]c2ccccc2OC)c2ccccc21.[O-][Cl+3]([O-])([O-])[O-]. The Bertz CT molecular complexity index is 1090. The van der Waals surface area contributed by atoms with Crippen LogP contribution < -0.4 is 38.7 Å². The Kier molecular flexibility index (Phi) is 8.61. The topological polar surface area (TPSA) is 152 Å². The van der Waals surface area contributed by atoms with Crippen LogP contribution in [-0.4, -0.2) is 20.1 Å². The maximum Gasteiger partial charge on any atom is 0.179 e. The molecular formula is C24H24ClN3O6. The number of amidine groups is 1. The van der Waals surface area contributed by atoms with Crippen LogP contribution in [0.25, 0.3) is 5.70 Å². The minimum atomic E-state index is -4.94. The number of nitrogens with two attached hydrogens (primary N) is 1. The summed E-state index contributed by atoms with van der Waals surface area (Å²) in [5.41, 5.74) is 5.34. The monoisotopic (exact) mass is 485 g/mol. The highest BCUT2D eigenvalue weighted by Gasteiger charge is 2.22. The molecule has 4 rings (SSSR count). The zero-order valence-corrected chi connectivity index (χ0v) is 19.3. The molecule has 9 nitrogen and oxygen atoms in total. The molecule has 0 aromatic heterocycles. The van der Waals surface area contributed by atoms with Gasteiger partial charge in [0.05, 0.1) is 20.8 Å². The lowest BCUT2D eigenvalue weighted by molar-refractivity contribution is -2.00. The highest BCUT2D eigenvalue weighted by molar-refractivity contribution is 6.12. The summed E-state index contributed by atoms with van der Waals surface area (Å²) < 4.78 is 44.9. The molecule has 34 heavy (non-hydrogen) atoms. The molecule has 3 N–H and O–H groups in total. The van der Waals surface area contributed by atoms with E-state index in [0.29, 0.717) is 6.54 Å². The van der Waals surface area contributed by atoms with Gasteiger partial charge in [-0.3, -0.25) is 10.3 Å². The molecule has 3 aromatic carbocycles. The van der Waals surface area contributed by atoms with Crippen LogP contribution in [0.2, 0.25) is 0 Å². The van der Waals surface area contributed by atoms with Gasteiger partial charge in [0, 0.05) is 22.8 Å². The van der Waals surface area contributed by atoms with Gasteiger partial charge >= 0.3 is 0 Å². The zero-order chi connectivity index (χ0) is 24.6. The number of halogens is 1. The van der Waals surface area contributed by atoms with Crippen molar-refractivity contribution in [3.05, 3.63) is 95.7 Å². The van der Waals surface area contributed by atoms with Crippen molar-refractivity contribution in [3.63, 3.8) is 0 Å². The molecule has 10 heteroatoms.